The summed E-state index contributed by atoms with van der Waals surface area (Å²) in [6.45, 7) is 3.69. The van der Waals surface area contributed by atoms with Gasteiger partial charge in [0.15, 0.2) is 0 Å². The van der Waals surface area contributed by atoms with Crippen LogP contribution in [0.2, 0.25) is 0 Å². The van der Waals surface area contributed by atoms with E-state index in [2.05, 4.69) is 6.58 Å². The second-order valence-electron chi connectivity index (χ2n) is 6.42. The maximum atomic E-state index is 12.2. The average Bonchev–Trinajstić information content (AvgIpc) is 2.76. The van der Waals surface area contributed by atoms with E-state index in [1.165, 1.54) is 0 Å². The Morgan fingerprint density at radius 3 is 2.28 bits per heavy atom. The first kappa shape index (κ1) is 22.2. The summed E-state index contributed by atoms with van der Waals surface area (Å²) in [5.74, 6) is 0.223. The van der Waals surface area contributed by atoms with Crippen molar-refractivity contribution in [2.75, 3.05) is 13.7 Å². The number of benzene rings is 2. The Morgan fingerprint density at radius 1 is 1.00 bits per heavy atom. The van der Waals surface area contributed by atoms with Crippen molar-refractivity contribution < 1.29 is 28.9 Å². The molecule has 1 atom stereocenters. The van der Waals surface area contributed by atoms with E-state index in [-0.39, 0.29) is 0 Å². The topological polar surface area (TPSA) is 82.1 Å². The number of carbonyl (C=O) groups is 2. The number of ether oxygens (including phenoxy) is 3. The molecule has 2 aromatic rings. The fraction of sp³-hybridized carbons (Fsp3) is 0.304. The first-order valence-corrected chi connectivity index (χ1v) is 9.47. The van der Waals surface area contributed by atoms with Crippen molar-refractivity contribution in [2.24, 2.45) is 0 Å². The maximum absolute atomic E-state index is 12.2. The standard InChI is InChI=1S/C23H26O6/c1-3-22(25)28-16-6-4-5-7-21(24)17-8-10-18(11-9-17)23(26)29-20-14-12-19(27-2)13-15-20/h3,8-15,21,24H,1,4-7,16H2,2H3. The minimum atomic E-state index is -0.614. The van der Waals surface area contributed by atoms with Crippen molar-refractivity contribution >= 4 is 11.9 Å². The number of carbonyl (C=O) groups excluding carboxylic acids is 2. The van der Waals surface area contributed by atoms with Crippen molar-refractivity contribution in [2.45, 2.75) is 31.8 Å². The van der Waals surface area contributed by atoms with Crippen molar-refractivity contribution in [3.8, 4) is 11.5 Å². The number of aliphatic hydroxyl groups excluding tert-OH is 1. The molecule has 29 heavy (non-hydrogen) atoms. The predicted octanol–water partition coefficient (Wildman–Crippen LogP) is 4.24. The van der Waals surface area contributed by atoms with E-state index in [0.717, 1.165) is 30.9 Å². The second kappa shape index (κ2) is 11.7. The lowest BCUT2D eigenvalue weighted by Gasteiger charge is -2.12. The Bertz CT molecular complexity index is 795. The van der Waals surface area contributed by atoms with E-state index in [1.807, 2.05) is 0 Å². The molecule has 0 spiro atoms. The molecule has 154 valence electrons. The first-order chi connectivity index (χ1) is 14.0. The number of hydrogen-bond donors (Lipinski definition) is 1. The molecule has 0 radical (unpaired) electrons. The van der Waals surface area contributed by atoms with Gasteiger partial charge in [-0.2, -0.15) is 0 Å². The van der Waals surface area contributed by atoms with Gasteiger partial charge in [0.1, 0.15) is 11.5 Å². The number of aliphatic hydroxyl groups is 1. The number of esters is 2. The molecular weight excluding hydrogens is 372 g/mol. The summed E-state index contributed by atoms with van der Waals surface area (Å²) >= 11 is 0. The fourth-order valence-corrected chi connectivity index (χ4v) is 2.67. The summed E-state index contributed by atoms with van der Waals surface area (Å²) < 4.78 is 15.3. The Morgan fingerprint density at radius 2 is 1.66 bits per heavy atom. The van der Waals surface area contributed by atoms with Gasteiger partial charge in [0, 0.05) is 6.08 Å². The van der Waals surface area contributed by atoms with Crippen LogP contribution in [0.3, 0.4) is 0 Å². The number of hydrogen-bond acceptors (Lipinski definition) is 6. The van der Waals surface area contributed by atoms with Crippen molar-refractivity contribution in [3.63, 3.8) is 0 Å². The van der Waals surface area contributed by atoms with Gasteiger partial charge < -0.3 is 19.3 Å². The molecule has 0 aliphatic heterocycles. The maximum Gasteiger partial charge on any atom is 0.343 e. The normalized spacial score (nSPS) is 11.4. The van der Waals surface area contributed by atoms with Crippen molar-refractivity contribution in [1.29, 1.82) is 0 Å². The van der Waals surface area contributed by atoms with Gasteiger partial charge in [-0.05, 0) is 61.2 Å². The lowest BCUT2D eigenvalue weighted by Crippen LogP contribution is -2.09. The highest BCUT2D eigenvalue weighted by Crippen LogP contribution is 2.22. The third-order valence-corrected chi connectivity index (χ3v) is 4.33. The number of unbranched alkanes of at least 4 members (excludes halogenated alkanes) is 2. The van der Waals surface area contributed by atoms with Crippen LogP contribution in [0.5, 0.6) is 11.5 Å². The highest BCUT2D eigenvalue weighted by molar-refractivity contribution is 5.91. The highest BCUT2D eigenvalue weighted by atomic mass is 16.5. The van der Waals surface area contributed by atoms with Crippen LogP contribution < -0.4 is 9.47 Å². The van der Waals surface area contributed by atoms with E-state index < -0.39 is 18.0 Å². The lowest BCUT2D eigenvalue weighted by atomic mass is 10.0. The second-order valence-corrected chi connectivity index (χ2v) is 6.42. The van der Waals surface area contributed by atoms with Gasteiger partial charge in [0.25, 0.3) is 0 Å². The first-order valence-electron chi connectivity index (χ1n) is 9.47. The van der Waals surface area contributed by atoms with Gasteiger partial charge in [0.2, 0.25) is 0 Å². The molecule has 0 aliphatic rings. The summed E-state index contributed by atoms with van der Waals surface area (Å²) in [6.07, 6.45) is 3.49. The monoisotopic (exact) mass is 398 g/mol. The molecular formula is C23H26O6. The van der Waals surface area contributed by atoms with Crippen LogP contribution in [0.25, 0.3) is 0 Å². The van der Waals surface area contributed by atoms with Crippen LogP contribution in [-0.4, -0.2) is 30.8 Å². The van der Waals surface area contributed by atoms with Crippen LogP contribution in [-0.2, 0) is 9.53 Å². The quantitative estimate of drug-likeness (QED) is 0.264. The molecule has 0 saturated carbocycles. The molecule has 0 aliphatic carbocycles. The van der Waals surface area contributed by atoms with Gasteiger partial charge in [-0.3, -0.25) is 0 Å². The van der Waals surface area contributed by atoms with Gasteiger partial charge in [-0.1, -0.05) is 25.1 Å². The summed E-state index contributed by atoms with van der Waals surface area (Å²) in [4.78, 5) is 23.2. The van der Waals surface area contributed by atoms with Gasteiger partial charge in [0.05, 0.1) is 25.4 Å². The molecule has 6 nitrogen and oxygen atoms in total. The van der Waals surface area contributed by atoms with Crippen LogP contribution in [0.1, 0.15) is 47.7 Å². The molecule has 0 heterocycles. The zero-order valence-electron chi connectivity index (χ0n) is 16.5. The van der Waals surface area contributed by atoms with E-state index in [0.29, 0.717) is 30.1 Å². The third-order valence-electron chi connectivity index (χ3n) is 4.33. The summed E-state index contributed by atoms with van der Waals surface area (Å²) in [5, 5.41) is 10.3. The molecule has 6 heteroatoms. The molecule has 0 aromatic heterocycles. The third kappa shape index (κ3) is 7.43. The van der Waals surface area contributed by atoms with Crippen LogP contribution in [0.15, 0.2) is 61.2 Å². The summed E-state index contributed by atoms with van der Waals surface area (Å²) in [6, 6.07) is 13.5. The average molecular weight is 398 g/mol. The Hall–Kier alpha value is -3.12. The van der Waals surface area contributed by atoms with Gasteiger partial charge >= 0.3 is 11.9 Å². The van der Waals surface area contributed by atoms with Gasteiger partial charge in [-0.15, -0.1) is 0 Å². The number of methoxy groups -OCH3 is 1. The van der Waals surface area contributed by atoms with Crippen molar-refractivity contribution in [3.05, 3.63) is 72.3 Å². The van der Waals surface area contributed by atoms with Crippen LogP contribution in [0.4, 0.5) is 0 Å². The largest absolute Gasteiger partial charge is 0.497 e. The van der Waals surface area contributed by atoms with Crippen LogP contribution in [0, 0.1) is 0 Å². The number of rotatable bonds is 11. The fourth-order valence-electron chi connectivity index (χ4n) is 2.67. The molecule has 2 rings (SSSR count). The van der Waals surface area contributed by atoms with E-state index in [9.17, 15) is 14.7 Å². The smallest absolute Gasteiger partial charge is 0.343 e. The summed E-state index contributed by atoms with van der Waals surface area (Å²) in [5.41, 5.74) is 1.14. The van der Waals surface area contributed by atoms with E-state index >= 15 is 0 Å². The zero-order valence-corrected chi connectivity index (χ0v) is 16.5. The summed E-state index contributed by atoms with van der Waals surface area (Å²) in [7, 11) is 1.57. The van der Waals surface area contributed by atoms with Crippen molar-refractivity contribution in [1.82, 2.24) is 0 Å². The predicted molar refractivity (Wildman–Crippen MR) is 109 cm³/mol. The van der Waals surface area contributed by atoms with E-state index in [1.54, 1.807) is 55.6 Å². The minimum absolute atomic E-state index is 0.353. The molecule has 0 saturated heterocycles. The zero-order chi connectivity index (χ0) is 21.1. The van der Waals surface area contributed by atoms with E-state index in [4.69, 9.17) is 14.2 Å². The molecule has 0 fully saturated rings. The Kier molecular flexibility index (Phi) is 8.92. The molecule has 0 amide bonds. The molecule has 0 bridgehead atoms. The molecule has 1 unspecified atom stereocenters. The highest BCUT2D eigenvalue weighted by Gasteiger charge is 2.12. The van der Waals surface area contributed by atoms with Crippen LogP contribution >= 0.6 is 0 Å². The molecule has 2 aromatic carbocycles. The lowest BCUT2D eigenvalue weighted by molar-refractivity contribution is -0.137. The van der Waals surface area contributed by atoms with Gasteiger partial charge in [-0.25, -0.2) is 9.59 Å². The Labute approximate surface area is 170 Å². The molecule has 1 N–H and O–H groups in total. The minimum Gasteiger partial charge on any atom is -0.497 e. The SMILES string of the molecule is C=CC(=O)OCCCCCC(O)c1ccc(C(=O)Oc2ccc(OC)cc2)cc1. The Balaban J connectivity index is 1.76.